The molecule has 0 radical (unpaired) electrons. The lowest BCUT2D eigenvalue weighted by atomic mass is 10.1. The number of nitrogens with one attached hydrogen (secondary N) is 1. The number of hydrogen-bond donors (Lipinski definition) is 1. The molecule has 0 aliphatic carbocycles. The van der Waals surface area contributed by atoms with E-state index in [4.69, 9.17) is 9.47 Å². The molecule has 0 bridgehead atoms. The van der Waals surface area contributed by atoms with Gasteiger partial charge in [-0.2, -0.15) is 0 Å². The average molecular weight is 469 g/mol. The Morgan fingerprint density at radius 3 is 2.12 bits per heavy atom. The van der Waals surface area contributed by atoms with Crippen molar-refractivity contribution in [3.8, 4) is 11.5 Å². The maximum Gasteiger partial charge on any atom is 0.264 e. The predicted octanol–water partition coefficient (Wildman–Crippen LogP) is 4.46. The van der Waals surface area contributed by atoms with Gasteiger partial charge < -0.3 is 14.8 Å². The van der Waals surface area contributed by atoms with Crippen molar-refractivity contribution in [1.82, 2.24) is 0 Å². The molecule has 1 amide bonds. The van der Waals surface area contributed by atoms with Gasteiger partial charge in [-0.15, -0.1) is 0 Å². The fourth-order valence-corrected chi connectivity index (χ4v) is 5.15. The number of aryl methyl sites for hydroxylation is 3. The highest BCUT2D eigenvalue weighted by Gasteiger charge is 2.30. The lowest BCUT2D eigenvalue weighted by molar-refractivity contribution is -0.114. The molecule has 0 saturated heterocycles. The van der Waals surface area contributed by atoms with Gasteiger partial charge in [0.2, 0.25) is 5.91 Å². The number of benzene rings is 3. The number of anilines is 2. The van der Waals surface area contributed by atoms with Crippen LogP contribution in [0.1, 0.15) is 16.7 Å². The van der Waals surface area contributed by atoms with Crippen molar-refractivity contribution in [3.05, 3.63) is 77.4 Å². The van der Waals surface area contributed by atoms with Crippen LogP contribution >= 0.6 is 0 Å². The molecule has 0 aliphatic rings. The minimum atomic E-state index is -4.07. The van der Waals surface area contributed by atoms with Crippen LogP contribution in [0.2, 0.25) is 0 Å². The Kier molecular flexibility index (Phi) is 7.28. The second-order valence-electron chi connectivity index (χ2n) is 7.68. The van der Waals surface area contributed by atoms with Gasteiger partial charge in [0.15, 0.2) is 0 Å². The standard InChI is InChI=1S/C25H28N2O5S/c1-17-13-18(2)25(19(3)14-17)26-24(28)16-27(33(29,30)21-9-7-6-8-10-21)22-12-11-20(31-4)15-23(22)32-5/h6-15H,16H2,1-5H3,(H,26,28). The molecule has 7 nitrogen and oxygen atoms in total. The number of ether oxygens (including phenoxy) is 2. The topological polar surface area (TPSA) is 84.9 Å². The maximum atomic E-state index is 13.6. The summed E-state index contributed by atoms with van der Waals surface area (Å²) >= 11 is 0. The molecule has 0 aromatic heterocycles. The van der Waals surface area contributed by atoms with Gasteiger partial charge >= 0.3 is 0 Å². The maximum absolute atomic E-state index is 13.6. The van der Waals surface area contributed by atoms with Gasteiger partial charge in [-0.3, -0.25) is 9.10 Å². The molecule has 0 aliphatic heterocycles. The van der Waals surface area contributed by atoms with E-state index in [1.54, 1.807) is 36.4 Å². The summed E-state index contributed by atoms with van der Waals surface area (Å²) in [6.45, 7) is 5.35. The van der Waals surface area contributed by atoms with E-state index in [1.807, 2.05) is 32.9 Å². The zero-order valence-corrected chi connectivity index (χ0v) is 20.2. The van der Waals surface area contributed by atoms with Crippen LogP contribution in [0.25, 0.3) is 0 Å². The SMILES string of the molecule is COc1ccc(N(CC(=O)Nc2c(C)cc(C)cc2C)S(=O)(=O)c2ccccc2)c(OC)c1. The Morgan fingerprint density at radius 2 is 1.55 bits per heavy atom. The third kappa shape index (κ3) is 5.28. The van der Waals surface area contributed by atoms with Gasteiger partial charge in [0.25, 0.3) is 10.0 Å². The molecule has 0 fully saturated rings. The summed E-state index contributed by atoms with van der Waals surface area (Å²) in [6, 6.07) is 16.7. The Morgan fingerprint density at radius 1 is 0.909 bits per heavy atom. The number of amides is 1. The molecule has 8 heteroatoms. The zero-order chi connectivity index (χ0) is 24.2. The van der Waals surface area contributed by atoms with Gasteiger partial charge in [0.1, 0.15) is 18.0 Å². The van der Waals surface area contributed by atoms with Crippen molar-refractivity contribution in [2.45, 2.75) is 25.7 Å². The van der Waals surface area contributed by atoms with Gasteiger partial charge in [-0.1, -0.05) is 35.9 Å². The summed E-state index contributed by atoms with van der Waals surface area (Å²) in [4.78, 5) is 13.2. The molecule has 33 heavy (non-hydrogen) atoms. The molecule has 3 rings (SSSR count). The van der Waals surface area contributed by atoms with E-state index < -0.39 is 22.5 Å². The van der Waals surface area contributed by atoms with Crippen LogP contribution in [0, 0.1) is 20.8 Å². The third-order valence-electron chi connectivity index (χ3n) is 5.22. The van der Waals surface area contributed by atoms with E-state index in [1.165, 1.54) is 26.4 Å². The predicted molar refractivity (Wildman–Crippen MR) is 130 cm³/mol. The van der Waals surface area contributed by atoms with Gasteiger partial charge in [0, 0.05) is 11.8 Å². The van der Waals surface area contributed by atoms with Crippen LogP contribution < -0.4 is 19.1 Å². The van der Waals surface area contributed by atoms with Crippen molar-refractivity contribution < 1.29 is 22.7 Å². The summed E-state index contributed by atoms with van der Waals surface area (Å²) in [5.74, 6) is 0.301. The van der Waals surface area contributed by atoms with E-state index in [9.17, 15) is 13.2 Å². The first kappa shape index (κ1) is 24.1. The summed E-state index contributed by atoms with van der Waals surface area (Å²) in [7, 11) is -1.13. The fourth-order valence-electron chi connectivity index (χ4n) is 3.70. The Bertz CT molecular complexity index is 1230. The molecule has 0 saturated carbocycles. The van der Waals surface area contributed by atoms with Crippen molar-refractivity contribution in [2.75, 3.05) is 30.4 Å². The first-order chi connectivity index (χ1) is 15.7. The highest BCUT2D eigenvalue weighted by atomic mass is 32.2. The van der Waals surface area contributed by atoms with E-state index in [-0.39, 0.29) is 16.3 Å². The highest BCUT2D eigenvalue weighted by molar-refractivity contribution is 7.92. The number of carbonyl (C=O) groups is 1. The van der Waals surface area contributed by atoms with Gasteiger partial charge in [-0.05, 0) is 56.2 Å². The van der Waals surface area contributed by atoms with E-state index in [0.29, 0.717) is 11.4 Å². The minimum absolute atomic E-state index is 0.0679. The summed E-state index contributed by atoms with van der Waals surface area (Å²) < 4.78 is 38.9. The second kappa shape index (κ2) is 9.95. The largest absolute Gasteiger partial charge is 0.497 e. The third-order valence-corrected chi connectivity index (χ3v) is 6.99. The summed E-state index contributed by atoms with van der Waals surface area (Å²) in [5, 5.41) is 2.88. The molecular weight excluding hydrogens is 440 g/mol. The molecule has 3 aromatic rings. The average Bonchev–Trinajstić information content (AvgIpc) is 2.80. The van der Waals surface area contributed by atoms with Crippen LogP contribution in [0.3, 0.4) is 0 Å². The number of methoxy groups -OCH3 is 2. The summed E-state index contributed by atoms with van der Waals surface area (Å²) in [6.07, 6.45) is 0. The Hall–Kier alpha value is -3.52. The van der Waals surface area contributed by atoms with E-state index in [0.717, 1.165) is 21.0 Å². The number of hydrogen-bond acceptors (Lipinski definition) is 5. The molecule has 0 atom stereocenters. The van der Waals surface area contributed by atoms with Crippen molar-refractivity contribution >= 4 is 27.3 Å². The molecule has 0 spiro atoms. The molecule has 0 heterocycles. The number of sulfonamides is 1. The van der Waals surface area contributed by atoms with Gasteiger partial charge in [-0.25, -0.2) is 8.42 Å². The van der Waals surface area contributed by atoms with Crippen LogP contribution in [0.15, 0.2) is 65.6 Å². The molecule has 174 valence electrons. The molecule has 0 unspecified atom stereocenters. The van der Waals surface area contributed by atoms with Crippen molar-refractivity contribution in [3.63, 3.8) is 0 Å². The smallest absolute Gasteiger partial charge is 0.264 e. The lowest BCUT2D eigenvalue weighted by Gasteiger charge is -2.26. The molecule has 3 aromatic carbocycles. The van der Waals surface area contributed by atoms with E-state index >= 15 is 0 Å². The lowest BCUT2D eigenvalue weighted by Crippen LogP contribution is -2.38. The summed E-state index contributed by atoms with van der Waals surface area (Å²) in [5.41, 5.74) is 3.79. The minimum Gasteiger partial charge on any atom is -0.497 e. The van der Waals surface area contributed by atoms with Gasteiger partial charge in [0.05, 0.1) is 24.8 Å². The van der Waals surface area contributed by atoms with Crippen LogP contribution in [-0.4, -0.2) is 35.1 Å². The number of carbonyl (C=O) groups excluding carboxylic acids is 1. The number of rotatable bonds is 8. The first-order valence-electron chi connectivity index (χ1n) is 10.3. The molecular formula is C25H28N2O5S. The van der Waals surface area contributed by atoms with Crippen LogP contribution in [0.5, 0.6) is 11.5 Å². The van der Waals surface area contributed by atoms with Crippen molar-refractivity contribution in [1.29, 1.82) is 0 Å². The van der Waals surface area contributed by atoms with Crippen molar-refractivity contribution in [2.24, 2.45) is 0 Å². The normalized spacial score (nSPS) is 11.1. The first-order valence-corrected chi connectivity index (χ1v) is 11.8. The Labute approximate surface area is 195 Å². The van der Waals surface area contributed by atoms with Crippen LogP contribution in [-0.2, 0) is 14.8 Å². The fraction of sp³-hybridized carbons (Fsp3) is 0.240. The second-order valence-corrected chi connectivity index (χ2v) is 9.55. The zero-order valence-electron chi connectivity index (χ0n) is 19.4. The Balaban J connectivity index is 2.04. The monoisotopic (exact) mass is 468 g/mol. The van der Waals surface area contributed by atoms with Crippen LogP contribution in [0.4, 0.5) is 11.4 Å². The highest BCUT2D eigenvalue weighted by Crippen LogP contribution is 2.35. The number of nitrogens with zero attached hydrogens (tertiary/aromatic N) is 1. The van der Waals surface area contributed by atoms with E-state index in [2.05, 4.69) is 5.32 Å². The quantitative estimate of drug-likeness (QED) is 0.528. The molecule has 1 N–H and O–H groups in total.